The van der Waals surface area contributed by atoms with Crippen LogP contribution >= 0.6 is 0 Å². The predicted molar refractivity (Wildman–Crippen MR) is 44.1 cm³/mol. The third kappa shape index (κ3) is 1.62. The number of rotatable bonds is 3. The van der Waals surface area contributed by atoms with Gasteiger partial charge in [-0.25, -0.2) is 0 Å². The Morgan fingerprint density at radius 1 is 1.42 bits per heavy atom. The van der Waals surface area contributed by atoms with Crippen LogP contribution < -0.4 is 5.32 Å². The van der Waals surface area contributed by atoms with Gasteiger partial charge in [0.25, 0.3) is 10.1 Å². The molecule has 70 valence electrons. The molecule has 3 atom stereocenters. The van der Waals surface area contributed by atoms with Gasteiger partial charge in [-0.2, -0.15) is 8.42 Å². The second kappa shape index (κ2) is 2.68. The largest absolute Gasteiger partial charge is 0.316 e. The number of hydrogen-bond donors (Lipinski definition) is 1. The van der Waals surface area contributed by atoms with E-state index in [0.717, 1.165) is 19.3 Å². The van der Waals surface area contributed by atoms with Gasteiger partial charge >= 0.3 is 0 Å². The maximum absolute atomic E-state index is 10.6. The summed E-state index contributed by atoms with van der Waals surface area (Å²) in [5.74, 6) is 1.83. The van der Waals surface area contributed by atoms with Crippen LogP contribution in [0.5, 0.6) is 0 Å². The highest BCUT2D eigenvalue weighted by Crippen LogP contribution is 2.48. The van der Waals surface area contributed by atoms with E-state index in [9.17, 15) is 8.42 Å². The molecule has 0 aromatic carbocycles. The number of nitrogens with one attached hydrogen (secondary N) is 1. The lowest BCUT2D eigenvalue weighted by Gasteiger charge is -2.03. The lowest BCUT2D eigenvalue weighted by molar-refractivity contribution is 0.287. The lowest BCUT2D eigenvalue weighted by atomic mass is 10.3. The summed E-state index contributed by atoms with van der Waals surface area (Å²) < 4.78 is 26.0. The standard InChI is InChI=1S/C7H13NO3S/c1-12(9,10)11-4-7-5-2-8-3-6(5)7/h5-8H,2-4H2,1H3/t5-,6+,7?. The highest BCUT2D eigenvalue weighted by Gasteiger charge is 2.52. The van der Waals surface area contributed by atoms with Gasteiger partial charge in [-0.05, 0) is 30.8 Å². The summed E-state index contributed by atoms with van der Waals surface area (Å²) >= 11 is 0. The van der Waals surface area contributed by atoms with Crippen molar-refractivity contribution in [2.45, 2.75) is 0 Å². The predicted octanol–water partition coefficient (Wildman–Crippen LogP) is -0.572. The van der Waals surface area contributed by atoms with Gasteiger partial charge in [-0.3, -0.25) is 4.18 Å². The average molecular weight is 191 g/mol. The maximum Gasteiger partial charge on any atom is 0.264 e. The highest BCUT2D eigenvalue weighted by atomic mass is 32.2. The third-order valence-electron chi connectivity index (χ3n) is 2.74. The van der Waals surface area contributed by atoms with Crippen LogP contribution in [0.25, 0.3) is 0 Å². The Kier molecular flexibility index (Phi) is 1.89. The van der Waals surface area contributed by atoms with Gasteiger partial charge in [0.05, 0.1) is 12.9 Å². The van der Waals surface area contributed by atoms with Gasteiger partial charge in [0.1, 0.15) is 0 Å². The van der Waals surface area contributed by atoms with Gasteiger partial charge in [0.2, 0.25) is 0 Å². The zero-order valence-electron chi connectivity index (χ0n) is 6.99. The number of piperidine rings is 1. The summed E-state index contributed by atoms with van der Waals surface area (Å²) in [5.41, 5.74) is 0. The molecule has 0 amide bonds. The zero-order valence-corrected chi connectivity index (χ0v) is 7.80. The van der Waals surface area contributed by atoms with E-state index in [1.165, 1.54) is 0 Å². The van der Waals surface area contributed by atoms with E-state index >= 15 is 0 Å². The van der Waals surface area contributed by atoms with Crippen molar-refractivity contribution in [2.75, 3.05) is 26.0 Å². The van der Waals surface area contributed by atoms with Gasteiger partial charge in [0, 0.05) is 0 Å². The molecule has 5 heteroatoms. The first-order chi connectivity index (χ1) is 5.58. The second-order valence-corrected chi connectivity index (χ2v) is 5.28. The fourth-order valence-electron chi connectivity index (χ4n) is 2.00. The second-order valence-electron chi connectivity index (χ2n) is 3.64. The molecule has 0 aromatic heterocycles. The van der Waals surface area contributed by atoms with Crippen molar-refractivity contribution in [3.05, 3.63) is 0 Å². The highest BCUT2D eigenvalue weighted by molar-refractivity contribution is 7.85. The van der Waals surface area contributed by atoms with Crippen molar-refractivity contribution < 1.29 is 12.6 Å². The Balaban J connectivity index is 1.77. The SMILES string of the molecule is CS(=O)(=O)OCC1[C@H]2CNC[C@@H]12. The van der Waals surface area contributed by atoms with E-state index in [1.807, 2.05) is 0 Å². The molecule has 0 bridgehead atoms. The van der Waals surface area contributed by atoms with Crippen molar-refractivity contribution in [1.29, 1.82) is 0 Å². The maximum atomic E-state index is 10.6. The van der Waals surface area contributed by atoms with E-state index in [1.54, 1.807) is 0 Å². The van der Waals surface area contributed by atoms with Crippen LogP contribution in [-0.4, -0.2) is 34.4 Å². The van der Waals surface area contributed by atoms with E-state index in [2.05, 4.69) is 5.32 Å². The molecule has 0 radical (unpaired) electrons. The van der Waals surface area contributed by atoms with Crippen LogP contribution in [0.1, 0.15) is 0 Å². The van der Waals surface area contributed by atoms with Crippen molar-refractivity contribution in [2.24, 2.45) is 17.8 Å². The first-order valence-electron chi connectivity index (χ1n) is 4.13. The molecule has 0 aromatic rings. The van der Waals surface area contributed by atoms with Crippen LogP contribution in [0.4, 0.5) is 0 Å². The van der Waals surface area contributed by atoms with Crippen molar-refractivity contribution in [1.82, 2.24) is 5.32 Å². The molecule has 1 heterocycles. The minimum atomic E-state index is -3.23. The van der Waals surface area contributed by atoms with Crippen molar-refractivity contribution in [3.8, 4) is 0 Å². The van der Waals surface area contributed by atoms with Gasteiger partial charge in [0.15, 0.2) is 0 Å². The van der Waals surface area contributed by atoms with Gasteiger partial charge in [-0.15, -0.1) is 0 Å². The van der Waals surface area contributed by atoms with Crippen LogP contribution in [0, 0.1) is 17.8 Å². The molecule has 12 heavy (non-hydrogen) atoms. The summed E-state index contributed by atoms with van der Waals surface area (Å²) in [6, 6.07) is 0. The third-order valence-corrected chi connectivity index (χ3v) is 3.31. The molecule has 1 saturated carbocycles. The van der Waals surface area contributed by atoms with Crippen molar-refractivity contribution >= 4 is 10.1 Å². The summed E-state index contributed by atoms with van der Waals surface area (Å²) in [7, 11) is -3.23. The quantitative estimate of drug-likeness (QED) is 0.607. The van der Waals surface area contributed by atoms with E-state index in [4.69, 9.17) is 4.18 Å². The molecular formula is C7H13NO3S. The van der Waals surface area contributed by atoms with Crippen LogP contribution in [0.3, 0.4) is 0 Å². The Hall–Kier alpha value is -0.130. The number of fused-ring (bicyclic) bond motifs is 1. The van der Waals surface area contributed by atoms with Crippen LogP contribution in [0.2, 0.25) is 0 Å². The fourth-order valence-corrected chi connectivity index (χ4v) is 2.40. The number of hydrogen-bond acceptors (Lipinski definition) is 4. The average Bonchev–Trinajstić information content (AvgIpc) is 2.41. The molecule has 0 spiro atoms. The first kappa shape index (κ1) is 8.47. The Bertz CT molecular complexity index is 264. The summed E-state index contributed by atoms with van der Waals surface area (Å²) in [6.07, 6.45) is 1.10. The van der Waals surface area contributed by atoms with Crippen LogP contribution in [-0.2, 0) is 14.3 Å². The molecule has 1 aliphatic carbocycles. The zero-order chi connectivity index (χ0) is 8.77. The minimum Gasteiger partial charge on any atom is -0.316 e. The summed E-state index contributed by atoms with van der Waals surface area (Å²) in [5, 5.41) is 3.24. The molecular weight excluding hydrogens is 178 g/mol. The molecule has 2 rings (SSSR count). The summed E-state index contributed by atoms with van der Waals surface area (Å²) in [4.78, 5) is 0. The van der Waals surface area contributed by atoms with Crippen molar-refractivity contribution in [3.63, 3.8) is 0 Å². The first-order valence-corrected chi connectivity index (χ1v) is 5.95. The Labute approximate surface area is 72.4 Å². The molecule has 1 unspecified atom stereocenters. The van der Waals surface area contributed by atoms with E-state index in [0.29, 0.717) is 24.4 Å². The van der Waals surface area contributed by atoms with E-state index in [-0.39, 0.29) is 0 Å². The summed E-state index contributed by atoms with van der Waals surface area (Å²) in [6.45, 7) is 2.45. The lowest BCUT2D eigenvalue weighted by Crippen LogP contribution is -2.17. The fraction of sp³-hybridized carbons (Fsp3) is 1.00. The normalized spacial score (nSPS) is 39.6. The molecule has 1 aliphatic heterocycles. The molecule has 4 nitrogen and oxygen atoms in total. The molecule has 1 saturated heterocycles. The van der Waals surface area contributed by atoms with Gasteiger partial charge in [-0.1, -0.05) is 0 Å². The van der Waals surface area contributed by atoms with E-state index < -0.39 is 10.1 Å². The topological polar surface area (TPSA) is 55.4 Å². The molecule has 2 aliphatic rings. The molecule has 2 fully saturated rings. The smallest absolute Gasteiger partial charge is 0.264 e. The Morgan fingerprint density at radius 3 is 2.50 bits per heavy atom. The monoisotopic (exact) mass is 191 g/mol. The molecule has 1 N–H and O–H groups in total. The Morgan fingerprint density at radius 2 is 2.00 bits per heavy atom. The van der Waals surface area contributed by atoms with Gasteiger partial charge < -0.3 is 5.32 Å². The van der Waals surface area contributed by atoms with Crippen LogP contribution in [0.15, 0.2) is 0 Å². The minimum absolute atomic E-state index is 0.385.